The number of amides is 1. The van der Waals surface area contributed by atoms with Crippen molar-refractivity contribution in [3.63, 3.8) is 0 Å². The molecule has 38 heavy (non-hydrogen) atoms. The van der Waals surface area contributed by atoms with Gasteiger partial charge < -0.3 is 15.1 Å². The topological polar surface area (TPSA) is 93.3 Å². The summed E-state index contributed by atoms with van der Waals surface area (Å²) >= 11 is 0. The third-order valence-electron chi connectivity index (χ3n) is 7.09. The van der Waals surface area contributed by atoms with Crippen LogP contribution in [0, 0.1) is 0 Å². The lowest BCUT2D eigenvalue weighted by Gasteiger charge is -2.33. The minimum absolute atomic E-state index is 0.266. The summed E-state index contributed by atoms with van der Waals surface area (Å²) in [6.07, 6.45) is 6.78. The van der Waals surface area contributed by atoms with Crippen LogP contribution < -0.4 is 10.2 Å². The third kappa shape index (κ3) is 5.69. The zero-order valence-electron chi connectivity index (χ0n) is 22.4. The predicted octanol–water partition coefficient (Wildman–Crippen LogP) is 4.26. The average molecular weight is 513 g/mol. The number of anilines is 2. The van der Waals surface area contributed by atoms with E-state index in [1.54, 1.807) is 6.20 Å². The monoisotopic (exact) mass is 512 g/mol. The summed E-state index contributed by atoms with van der Waals surface area (Å²) in [6.45, 7) is 11.2. The lowest BCUT2D eigenvalue weighted by molar-refractivity contribution is 0.102. The number of H-pyrrole nitrogens is 1. The Kier molecular flexibility index (Phi) is 7.95. The molecule has 3 aromatic heterocycles. The number of pyridine rings is 2. The van der Waals surface area contributed by atoms with Crippen LogP contribution in [-0.2, 0) is 6.54 Å². The molecule has 0 saturated carbocycles. The Balaban J connectivity index is 0.00000144. The highest BCUT2D eigenvalue weighted by Gasteiger charge is 2.18. The van der Waals surface area contributed by atoms with E-state index in [9.17, 15) is 4.79 Å². The van der Waals surface area contributed by atoms with Gasteiger partial charge in [0, 0.05) is 56.1 Å². The van der Waals surface area contributed by atoms with Crippen molar-refractivity contribution in [2.45, 2.75) is 26.8 Å². The number of aromatic nitrogens is 4. The van der Waals surface area contributed by atoms with Gasteiger partial charge in [-0.05, 0) is 68.0 Å². The first-order valence-corrected chi connectivity index (χ1v) is 13.5. The van der Waals surface area contributed by atoms with Gasteiger partial charge in [0.1, 0.15) is 5.82 Å². The molecule has 0 bridgehead atoms. The van der Waals surface area contributed by atoms with Crippen molar-refractivity contribution >= 4 is 28.3 Å². The molecule has 0 unspecified atom stereocenters. The molecule has 1 aromatic carbocycles. The summed E-state index contributed by atoms with van der Waals surface area (Å²) in [5.74, 6) is 0.665. The number of aromatic amines is 1. The summed E-state index contributed by atoms with van der Waals surface area (Å²) in [6, 6.07) is 12.0. The molecule has 9 nitrogen and oxygen atoms in total. The van der Waals surface area contributed by atoms with Crippen molar-refractivity contribution in [1.82, 2.24) is 30.0 Å². The van der Waals surface area contributed by atoms with E-state index in [2.05, 4.69) is 53.3 Å². The maximum atomic E-state index is 13.1. The zero-order valence-corrected chi connectivity index (χ0v) is 22.4. The molecule has 0 radical (unpaired) electrons. The quantitative estimate of drug-likeness (QED) is 0.399. The number of likely N-dealkylation sites (N-methyl/N-ethyl adjacent to an activating group) is 1. The van der Waals surface area contributed by atoms with Crippen molar-refractivity contribution in [2.75, 3.05) is 56.5 Å². The molecule has 0 atom stereocenters. The fourth-order valence-electron chi connectivity index (χ4n) is 4.77. The molecule has 0 aliphatic carbocycles. The fourth-order valence-corrected chi connectivity index (χ4v) is 4.77. The molecule has 2 fully saturated rings. The van der Waals surface area contributed by atoms with E-state index in [1.807, 2.05) is 56.6 Å². The van der Waals surface area contributed by atoms with E-state index in [0.717, 1.165) is 73.7 Å². The molecular formula is C29H36N8O. The molecule has 2 aliphatic rings. The van der Waals surface area contributed by atoms with Crippen molar-refractivity contribution < 1.29 is 4.79 Å². The van der Waals surface area contributed by atoms with Gasteiger partial charge in [-0.1, -0.05) is 19.9 Å². The number of carbonyl (C=O) groups is 1. The fraction of sp³-hybridized carbons (Fsp3) is 0.379. The maximum Gasteiger partial charge on any atom is 0.276 e. The standard InChI is InChI=1S/C27H30N8O.C2H6/c1-33-9-11-35(12-10-33)25-6-4-22(17-29-25)30-27(36)26-23-14-20(3-5-24(23)31-32-26)21-13-19(15-28-16-21)18-34-7-2-8-34;1-2/h3-6,13-17H,2,7-12,18H2,1H3,(H,30,36)(H,31,32);1-2H3. The molecule has 1 amide bonds. The lowest BCUT2D eigenvalue weighted by atomic mass is 10.0. The Morgan fingerprint density at radius 3 is 2.47 bits per heavy atom. The van der Waals surface area contributed by atoms with Gasteiger partial charge in [0.2, 0.25) is 0 Å². The van der Waals surface area contributed by atoms with Gasteiger partial charge in [-0.2, -0.15) is 5.10 Å². The summed E-state index contributed by atoms with van der Waals surface area (Å²) in [4.78, 5) is 29.1. The molecule has 2 N–H and O–H groups in total. The lowest BCUT2D eigenvalue weighted by Crippen LogP contribution is -2.44. The van der Waals surface area contributed by atoms with Crippen molar-refractivity contribution in [1.29, 1.82) is 0 Å². The summed E-state index contributed by atoms with van der Waals surface area (Å²) < 4.78 is 0. The summed E-state index contributed by atoms with van der Waals surface area (Å²) in [7, 11) is 2.13. The van der Waals surface area contributed by atoms with E-state index in [4.69, 9.17) is 0 Å². The summed E-state index contributed by atoms with van der Waals surface area (Å²) in [5, 5.41) is 11.0. The van der Waals surface area contributed by atoms with Crippen LogP contribution in [0.5, 0.6) is 0 Å². The minimum Gasteiger partial charge on any atom is -0.354 e. The van der Waals surface area contributed by atoms with Gasteiger partial charge in [0.15, 0.2) is 5.69 Å². The molecular weight excluding hydrogens is 476 g/mol. The van der Waals surface area contributed by atoms with Crippen LogP contribution in [-0.4, -0.2) is 82.2 Å². The van der Waals surface area contributed by atoms with Crippen LogP contribution in [0.15, 0.2) is 55.0 Å². The Hall–Kier alpha value is -3.82. The van der Waals surface area contributed by atoms with Crippen LogP contribution in [0.3, 0.4) is 0 Å². The molecule has 0 spiro atoms. The average Bonchev–Trinajstić information content (AvgIpc) is 3.37. The van der Waals surface area contributed by atoms with Gasteiger partial charge in [-0.3, -0.25) is 19.8 Å². The van der Waals surface area contributed by atoms with Gasteiger partial charge in [0.25, 0.3) is 5.91 Å². The van der Waals surface area contributed by atoms with Crippen LogP contribution in [0.2, 0.25) is 0 Å². The largest absolute Gasteiger partial charge is 0.354 e. The number of nitrogens with zero attached hydrogens (tertiary/aromatic N) is 6. The smallest absolute Gasteiger partial charge is 0.276 e. The number of piperazine rings is 1. The summed E-state index contributed by atoms with van der Waals surface area (Å²) in [5.41, 5.74) is 5.06. The highest BCUT2D eigenvalue weighted by molar-refractivity contribution is 6.11. The van der Waals surface area contributed by atoms with E-state index < -0.39 is 0 Å². The van der Waals surface area contributed by atoms with Gasteiger partial charge in [0.05, 0.1) is 17.4 Å². The number of hydrogen-bond donors (Lipinski definition) is 2. The molecule has 5 heterocycles. The van der Waals surface area contributed by atoms with Crippen molar-refractivity contribution in [3.05, 3.63) is 66.2 Å². The van der Waals surface area contributed by atoms with Crippen LogP contribution in [0.1, 0.15) is 36.3 Å². The second-order valence-electron chi connectivity index (χ2n) is 9.69. The van der Waals surface area contributed by atoms with Crippen LogP contribution in [0.25, 0.3) is 22.0 Å². The van der Waals surface area contributed by atoms with Crippen molar-refractivity contribution in [3.8, 4) is 11.1 Å². The maximum absolute atomic E-state index is 13.1. The first kappa shape index (κ1) is 25.8. The second-order valence-corrected chi connectivity index (χ2v) is 9.69. The minimum atomic E-state index is -0.266. The van der Waals surface area contributed by atoms with Gasteiger partial charge >= 0.3 is 0 Å². The zero-order chi connectivity index (χ0) is 26.5. The second kappa shape index (κ2) is 11.7. The normalized spacial score (nSPS) is 16.0. The Morgan fingerprint density at radius 2 is 1.76 bits per heavy atom. The highest BCUT2D eigenvalue weighted by atomic mass is 16.1. The number of likely N-dealkylation sites (tertiary alicyclic amines) is 1. The predicted molar refractivity (Wildman–Crippen MR) is 152 cm³/mol. The Bertz CT molecular complexity index is 1370. The molecule has 4 aromatic rings. The number of fused-ring (bicyclic) bond motifs is 1. The van der Waals surface area contributed by atoms with Crippen LogP contribution in [0.4, 0.5) is 11.5 Å². The molecule has 198 valence electrons. The van der Waals surface area contributed by atoms with Gasteiger partial charge in [-0.15, -0.1) is 0 Å². The van der Waals surface area contributed by atoms with E-state index >= 15 is 0 Å². The SMILES string of the molecule is CC.CN1CCN(c2ccc(NC(=O)c3n[nH]c4ccc(-c5cncc(CN6CCC6)c5)cc34)cn2)CC1. The number of nitrogens with one attached hydrogen (secondary N) is 2. The van der Waals surface area contributed by atoms with Crippen molar-refractivity contribution in [2.24, 2.45) is 0 Å². The van der Waals surface area contributed by atoms with Crippen LogP contribution >= 0.6 is 0 Å². The number of hydrogen-bond acceptors (Lipinski definition) is 7. The number of carbonyl (C=O) groups excluding carboxylic acids is 1. The van der Waals surface area contributed by atoms with E-state index in [1.165, 1.54) is 12.0 Å². The number of rotatable bonds is 6. The van der Waals surface area contributed by atoms with Gasteiger partial charge in [-0.25, -0.2) is 4.98 Å². The molecule has 2 saturated heterocycles. The first-order chi connectivity index (χ1) is 18.6. The number of benzene rings is 1. The van der Waals surface area contributed by atoms with E-state index in [0.29, 0.717) is 11.4 Å². The highest BCUT2D eigenvalue weighted by Crippen LogP contribution is 2.27. The first-order valence-electron chi connectivity index (χ1n) is 13.5. The Morgan fingerprint density at radius 1 is 0.947 bits per heavy atom. The van der Waals surface area contributed by atoms with E-state index in [-0.39, 0.29) is 5.91 Å². The molecule has 6 rings (SSSR count). The molecule has 9 heteroatoms. The molecule has 2 aliphatic heterocycles. The Labute approximate surface area is 223 Å². The third-order valence-corrected chi connectivity index (χ3v) is 7.09.